The van der Waals surface area contributed by atoms with Gasteiger partial charge in [-0.05, 0) is 11.6 Å². The normalized spacial score (nSPS) is 12.0. The maximum absolute atomic E-state index is 12.4. The molecular formula is C17H14O5. The molecule has 0 bridgehead atoms. The van der Waals surface area contributed by atoms with Gasteiger partial charge in [0, 0.05) is 29.9 Å². The molecule has 0 unspecified atom stereocenters. The number of aromatic hydroxyl groups is 1. The molecular weight excluding hydrogens is 284 g/mol. The summed E-state index contributed by atoms with van der Waals surface area (Å²) in [6, 6.07) is 9.35. The summed E-state index contributed by atoms with van der Waals surface area (Å²) in [7, 11) is 1.53. The number of fused-ring (bicyclic) bond motifs is 3. The van der Waals surface area contributed by atoms with Crippen molar-refractivity contribution in [1.82, 2.24) is 0 Å². The Morgan fingerprint density at radius 1 is 1.00 bits per heavy atom. The van der Waals surface area contributed by atoms with E-state index in [1.165, 1.54) is 19.2 Å². The summed E-state index contributed by atoms with van der Waals surface area (Å²) in [5.74, 6) is -0.420. The molecule has 0 spiro atoms. The van der Waals surface area contributed by atoms with Crippen LogP contribution in [-0.2, 0) is 4.74 Å². The quantitative estimate of drug-likeness (QED) is 0.746. The molecule has 0 fully saturated rings. The van der Waals surface area contributed by atoms with E-state index in [4.69, 9.17) is 9.47 Å². The third-order valence-corrected chi connectivity index (χ3v) is 3.53. The first-order chi connectivity index (χ1) is 10.6. The molecule has 0 saturated carbocycles. The summed E-state index contributed by atoms with van der Waals surface area (Å²) in [4.78, 5) is 24.3. The van der Waals surface area contributed by atoms with Gasteiger partial charge in [-0.25, -0.2) is 0 Å². The lowest BCUT2D eigenvalue weighted by molar-refractivity contribution is 0.104. The zero-order chi connectivity index (χ0) is 15.7. The average Bonchev–Trinajstić information content (AvgIpc) is 2.71. The van der Waals surface area contributed by atoms with Crippen molar-refractivity contribution in [1.29, 1.82) is 0 Å². The highest BCUT2D eigenvalue weighted by Crippen LogP contribution is 2.44. The number of ether oxygens (including phenoxy) is 2. The molecule has 2 aromatic rings. The number of hydrogen-bond acceptors (Lipinski definition) is 5. The van der Waals surface area contributed by atoms with E-state index in [0.717, 1.165) is 0 Å². The molecule has 5 heteroatoms. The van der Waals surface area contributed by atoms with Gasteiger partial charge >= 0.3 is 0 Å². The molecule has 0 aliphatic heterocycles. The molecule has 1 aliphatic rings. The predicted molar refractivity (Wildman–Crippen MR) is 80.6 cm³/mol. The van der Waals surface area contributed by atoms with Crippen LogP contribution in [0.15, 0.2) is 41.2 Å². The molecule has 3 rings (SSSR count). The van der Waals surface area contributed by atoms with Gasteiger partial charge in [0.25, 0.3) is 0 Å². The van der Waals surface area contributed by atoms with Crippen LogP contribution in [0.25, 0.3) is 11.1 Å². The Kier molecular flexibility index (Phi) is 3.65. The van der Waals surface area contributed by atoms with E-state index in [1.807, 2.05) is 0 Å². The first-order valence-electron chi connectivity index (χ1n) is 6.80. The van der Waals surface area contributed by atoms with Crippen LogP contribution in [0.5, 0.6) is 11.5 Å². The summed E-state index contributed by atoms with van der Waals surface area (Å²) in [5.41, 5.74) is 1.22. The lowest BCUT2D eigenvalue weighted by atomic mass is 10.1. The van der Waals surface area contributed by atoms with Gasteiger partial charge in [0.15, 0.2) is 22.7 Å². The Morgan fingerprint density at radius 3 is 2.45 bits per heavy atom. The first kappa shape index (κ1) is 14.3. The Balaban J connectivity index is 2.22. The number of hydrogen-bond donors (Lipinski definition) is 1. The molecule has 0 radical (unpaired) electrons. The lowest BCUT2D eigenvalue weighted by Crippen LogP contribution is -2.05. The van der Waals surface area contributed by atoms with E-state index in [2.05, 4.69) is 0 Å². The largest absolute Gasteiger partial charge is 0.504 e. The van der Waals surface area contributed by atoms with Crippen molar-refractivity contribution in [3.05, 3.63) is 57.7 Å². The molecule has 0 saturated heterocycles. The van der Waals surface area contributed by atoms with Crippen LogP contribution in [-0.4, -0.2) is 31.2 Å². The van der Waals surface area contributed by atoms with Gasteiger partial charge < -0.3 is 14.6 Å². The fraction of sp³-hybridized carbons (Fsp3) is 0.176. The van der Waals surface area contributed by atoms with Crippen LogP contribution in [0.2, 0.25) is 0 Å². The van der Waals surface area contributed by atoms with Crippen molar-refractivity contribution in [2.45, 2.75) is 0 Å². The third kappa shape index (κ3) is 2.25. The van der Waals surface area contributed by atoms with Gasteiger partial charge in [-0.2, -0.15) is 0 Å². The Labute approximate surface area is 126 Å². The first-order valence-corrected chi connectivity index (χ1v) is 6.80. The van der Waals surface area contributed by atoms with Gasteiger partial charge in [-0.3, -0.25) is 9.59 Å². The van der Waals surface area contributed by atoms with Gasteiger partial charge in [-0.15, -0.1) is 0 Å². The number of ketones is 1. The minimum atomic E-state index is -0.398. The van der Waals surface area contributed by atoms with Crippen molar-refractivity contribution >= 4 is 5.78 Å². The van der Waals surface area contributed by atoms with E-state index >= 15 is 0 Å². The van der Waals surface area contributed by atoms with Crippen molar-refractivity contribution < 1.29 is 19.4 Å². The number of methoxy groups -OCH3 is 1. The van der Waals surface area contributed by atoms with Crippen molar-refractivity contribution in [2.75, 3.05) is 20.3 Å². The van der Waals surface area contributed by atoms with Crippen molar-refractivity contribution in [2.24, 2.45) is 0 Å². The van der Waals surface area contributed by atoms with E-state index < -0.39 is 5.43 Å². The van der Waals surface area contributed by atoms with Crippen LogP contribution >= 0.6 is 0 Å². The minimum absolute atomic E-state index is 0.0489. The van der Waals surface area contributed by atoms with E-state index in [-0.39, 0.29) is 29.5 Å². The lowest BCUT2D eigenvalue weighted by Gasteiger charge is -2.07. The number of carbonyl (C=O) groups is 1. The molecule has 1 N–H and O–H groups in total. The third-order valence-electron chi connectivity index (χ3n) is 3.53. The molecule has 112 valence electrons. The van der Waals surface area contributed by atoms with E-state index in [1.54, 1.807) is 24.3 Å². The van der Waals surface area contributed by atoms with Gasteiger partial charge in [0.05, 0.1) is 6.61 Å². The topological polar surface area (TPSA) is 72.8 Å². The predicted octanol–water partition coefficient (Wildman–Crippen LogP) is 1.99. The van der Waals surface area contributed by atoms with Crippen LogP contribution < -0.4 is 10.2 Å². The highest BCUT2D eigenvalue weighted by Gasteiger charge is 2.30. The zero-order valence-corrected chi connectivity index (χ0v) is 12.0. The van der Waals surface area contributed by atoms with Gasteiger partial charge in [-0.1, -0.05) is 24.3 Å². The molecule has 5 nitrogen and oxygen atoms in total. The number of benzene rings is 1. The van der Waals surface area contributed by atoms with E-state index in [0.29, 0.717) is 23.3 Å². The summed E-state index contributed by atoms with van der Waals surface area (Å²) < 4.78 is 10.3. The maximum Gasteiger partial charge on any atom is 0.194 e. The monoisotopic (exact) mass is 298 g/mol. The smallest absolute Gasteiger partial charge is 0.194 e. The van der Waals surface area contributed by atoms with Gasteiger partial charge in [0.1, 0.15) is 6.61 Å². The second kappa shape index (κ2) is 5.61. The molecule has 0 amide bonds. The molecule has 0 atom stereocenters. The van der Waals surface area contributed by atoms with E-state index in [9.17, 15) is 14.7 Å². The van der Waals surface area contributed by atoms with Crippen LogP contribution in [0.4, 0.5) is 0 Å². The maximum atomic E-state index is 12.4. The Bertz CT molecular complexity index is 811. The molecule has 0 aromatic heterocycles. The highest BCUT2D eigenvalue weighted by atomic mass is 16.5. The fourth-order valence-corrected chi connectivity index (χ4v) is 2.55. The Morgan fingerprint density at radius 2 is 1.73 bits per heavy atom. The SMILES string of the molecule is COCCOc1cc(=O)cc2c(c1O)-c1ccccc1C2=O. The Hall–Kier alpha value is -2.66. The standard InChI is InChI=1S/C17H14O5/c1-21-6-7-22-14-9-10(18)8-13-15(17(14)20)11-4-2-3-5-12(11)16(13)19/h2-5,8-9,20H,6-7H2,1H3. The van der Waals surface area contributed by atoms with Gasteiger partial charge in [0.2, 0.25) is 0 Å². The highest BCUT2D eigenvalue weighted by molar-refractivity contribution is 6.22. The average molecular weight is 298 g/mol. The molecule has 0 heterocycles. The minimum Gasteiger partial charge on any atom is -0.504 e. The summed E-state index contributed by atoms with van der Waals surface area (Å²) >= 11 is 0. The van der Waals surface area contributed by atoms with Crippen molar-refractivity contribution in [3.63, 3.8) is 0 Å². The number of carbonyl (C=O) groups excluding carboxylic acids is 1. The second-order valence-electron chi connectivity index (χ2n) is 4.91. The molecule has 22 heavy (non-hydrogen) atoms. The van der Waals surface area contributed by atoms with Crippen molar-refractivity contribution in [3.8, 4) is 22.6 Å². The summed E-state index contributed by atoms with van der Waals surface area (Å²) in [5, 5.41) is 10.5. The van der Waals surface area contributed by atoms with Crippen LogP contribution in [0, 0.1) is 0 Å². The molecule has 1 aliphatic carbocycles. The second-order valence-corrected chi connectivity index (χ2v) is 4.91. The molecule has 2 aromatic carbocycles. The van der Waals surface area contributed by atoms with Crippen LogP contribution in [0.3, 0.4) is 0 Å². The van der Waals surface area contributed by atoms with Crippen LogP contribution in [0.1, 0.15) is 15.9 Å². The fourth-order valence-electron chi connectivity index (χ4n) is 2.55. The zero-order valence-electron chi connectivity index (χ0n) is 12.0. The number of rotatable bonds is 4. The summed E-state index contributed by atoms with van der Waals surface area (Å²) in [6.45, 7) is 0.516. The summed E-state index contributed by atoms with van der Waals surface area (Å²) in [6.07, 6.45) is 0.